The average molecular weight is 245 g/mol. The molecule has 1 aromatic heterocycles. The zero-order valence-electron chi connectivity index (χ0n) is 10.3. The molecule has 2 aromatic rings. The zero-order chi connectivity index (χ0) is 12.6. The van der Waals surface area contributed by atoms with Crippen molar-refractivity contribution in [2.75, 3.05) is 13.2 Å². The Labute approximate surface area is 107 Å². The molecule has 3 N–H and O–H groups in total. The van der Waals surface area contributed by atoms with Crippen LogP contribution in [0, 0.1) is 0 Å². The first kappa shape index (κ1) is 12.8. The Morgan fingerprint density at radius 3 is 2.78 bits per heavy atom. The number of rotatable bonds is 7. The van der Waals surface area contributed by atoms with Crippen LogP contribution in [0.25, 0.3) is 0 Å². The third-order valence-corrected chi connectivity index (χ3v) is 2.99. The summed E-state index contributed by atoms with van der Waals surface area (Å²) in [6.07, 6.45) is 4.34. The first-order valence-electron chi connectivity index (χ1n) is 6.25. The monoisotopic (exact) mass is 245 g/mol. The number of aliphatic hydroxyl groups is 1. The van der Waals surface area contributed by atoms with Gasteiger partial charge in [0.25, 0.3) is 0 Å². The number of nitrogens with zero attached hydrogens (tertiary/aromatic N) is 1. The molecule has 4 nitrogen and oxygen atoms in total. The molecule has 2 rings (SSSR count). The quantitative estimate of drug-likeness (QED) is 0.695. The maximum Gasteiger partial charge on any atom is 0.120 e. The zero-order valence-corrected chi connectivity index (χ0v) is 10.3. The van der Waals surface area contributed by atoms with Gasteiger partial charge < -0.3 is 15.4 Å². The summed E-state index contributed by atoms with van der Waals surface area (Å²) in [6, 6.07) is 10.3. The SMILES string of the molecule is OCCC(CNCc1ncc[nH]1)c1ccccc1. The first-order chi connectivity index (χ1) is 8.90. The van der Waals surface area contributed by atoms with Gasteiger partial charge in [0, 0.05) is 25.5 Å². The van der Waals surface area contributed by atoms with Crippen molar-refractivity contribution < 1.29 is 5.11 Å². The number of H-pyrrole nitrogens is 1. The van der Waals surface area contributed by atoms with Gasteiger partial charge in [-0.15, -0.1) is 0 Å². The highest BCUT2D eigenvalue weighted by atomic mass is 16.3. The van der Waals surface area contributed by atoms with Gasteiger partial charge >= 0.3 is 0 Å². The third kappa shape index (κ3) is 3.68. The Bertz CT molecular complexity index is 428. The molecule has 0 saturated carbocycles. The van der Waals surface area contributed by atoms with Crippen molar-refractivity contribution >= 4 is 0 Å². The highest BCUT2D eigenvalue weighted by Crippen LogP contribution is 2.18. The van der Waals surface area contributed by atoms with Crippen molar-refractivity contribution in [3.05, 3.63) is 54.1 Å². The smallest absolute Gasteiger partial charge is 0.120 e. The summed E-state index contributed by atoms with van der Waals surface area (Å²) in [5.74, 6) is 1.27. The van der Waals surface area contributed by atoms with E-state index >= 15 is 0 Å². The summed E-state index contributed by atoms with van der Waals surface area (Å²) in [7, 11) is 0. The van der Waals surface area contributed by atoms with Crippen molar-refractivity contribution in [2.24, 2.45) is 0 Å². The molecule has 4 heteroatoms. The van der Waals surface area contributed by atoms with E-state index < -0.39 is 0 Å². The Morgan fingerprint density at radius 2 is 2.11 bits per heavy atom. The highest BCUT2D eigenvalue weighted by molar-refractivity contribution is 5.19. The van der Waals surface area contributed by atoms with Crippen LogP contribution < -0.4 is 5.32 Å². The molecule has 1 aromatic carbocycles. The topological polar surface area (TPSA) is 60.9 Å². The van der Waals surface area contributed by atoms with Crippen molar-refractivity contribution in [3.63, 3.8) is 0 Å². The molecule has 0 saturated heterocycles. The highest BCUT2D eigenvalue weighted by Gasteiger charge is 2.10. The van der Waals surface area contributed by atoms with E-state index in [9.17, 15) is 0 Å². The van der Waals surface area contributed by atoms with Crippen LogP contribution in [0.3, 0.4) is 0 Å². The Hall–Kier alpha value is -1.65. The van der Waals surface area contributed by atoms with Crippen molar-refractivity contribution in [1.29, 1.82) is 0 Å². The number of aromatic nitrogens is 2. The van der Waals surface area contributed by atoms with Crippen molar-refractivity contribution in [1.82, 2.24) is 15.3 Å². The molecule has 0 spiro atoms. The summed E-state index contributed by atoms with van der Waals surface area (Å²) in [5.41, 5.74) is 1.26. The van der Waals surface area contributed by atoms with Gasteiger partial charge in [0.2, 0.25) is 0 Å². The van der Waals surface area contributed by atoms with E-state index in [1.54, 1.807) is 6.20 Å². The molecule has 1 heterocycles. The van der Waals surface area contributed by atoms with Crippen LogP contribution in [0.4, 0.5) is 0 Å². The summed E-state index contributed by atoms with van der Waals surface area (Å²) >= 11 is 0. The van der Waals surface area contributed by atoms with Crippen LogP contribution >= 0.6 is 0 Å². The molecule has 0 fully saturated rings. The maximum atomic E-state index is 9.14. The van der Waals surface area contributed by atoms with Gasteiger partial charge in [0.05, 0.1) is 6.54 Å². The van der Waals surface area contributed by atoms with Crippen LogP contribution in [-0.2, 0) is 6.54 Å². The molecule has 18 heavy (non-hydrogen) atoms. The summed E-state index contributed by atoms with van der Waals surface area (Å²) < 4.78 is 0. The van der Waals surface area contributed by atoms with Gasteiger partial charge in [0.15, 0.2) is 0 Å². The second kappa shape index (κ2) is 6.93. The minimum atomic E-state index is 0.210. The molecule has 1 unspecified atom stereocenters. The number of aromatic amines is 1. The van der Waals surface area contributed by atoms with Crippen LogP contribution in [0.1, 0.15) is 23.7 Å². The van der Waals surface area contributed by atoms with Crippen LogP contribution in [0.15, 0.2) is 42.7 Å². The van der Waals surface area contributed by atoms with Crippen molar-refractivity contribution in [2.45, 2.75) is 18.9 Å². The lowest BCUT2D eigenvalue weighted by atomic mass is 9.96. The van der Waals surface area contributed by atoms with Crippen LogP contribution in [0.2, 0.25) is 0 Å². The van der Waals surface area contributed by atoms with Gasteiger partial charge in [-0.25, -0.2) is 4.98 Å². The number of hydrogen-bond acceptors (Lipinski definition) is 3. The van der Waals surface area contributed by atoms with Gasteiger partial charge in [-0.3, -0.25) is 0 Å². The van der Waals surface area contributed by atoms with E-state index in [1.807, 2.05) is 24.4 Å². The van der Waals surface area contributed by atoms with Crippen LogP contribution in [-0.4, -0.2) is 28.2 Å². The number of nitrogens with one attached hydrogen (secondary N) is 2. The Kier molecular flexibility index (Phi) is 4.93. The lowest BCUT2D eigenvalue weighted by Crippen LogP contribution is -2.22. The third-order valence-electron chi connectivity index (χ3n) is 2.99. The minimum Gasteiger partial charge on any atom is -0.396 e. The van der Waals surface area contributed by atoms with Gasteiger partial charge in [0.1, 0.15) is 5.82 Å². The first-order valence-corrected chi connectivity index (χ1v) is 6.25. The molecule has 0 amide bonds. The summed E-state index contributed by atoms with van der Waals surface area (Å²) in [5, 5.41) is 12.5. The molecule has 96 valence electrons. The fourth-order valence-corrected chi connectivity index (χ4v) is 2.03. The predicted octanol–water partition coefficient (Wildman–Crippen LogP) is 1.67. The van der Waals surface area contributed by atoms with E-state index in [0.29, 0.717) is 5.92 Å². The number of imidazole rings is 1. The molecule has 0 radical (unpaired) electrons. The van der Waals surface area contributed by atoms with Gasteiger partial charge in [-0.2, -0.15) is 0 Å². The van der Waals surface area contributed by atoms with E-state index in [0.717, 1.165) is 25.3 Å². The second-order valence-corrected chi connectivity index (χ2v) is 4.29. The summed E-state index contributed by atoms with van der Waals surface area (Å²) in [4.78, 5) is 7.22. The van der Waals surface area contributed by atoms with E-state index in [2.05, 4.69) is 27.4 Å². The fraction of sp³-hybridized carbons (Fsp3) is 0.357. The van der Waals surface area contributed by atoms with Crippen molar-refractivity contribution in [3.8, 4) is 0 Å². The standard InChI is InChI=1S/C14H19N3O/c18-9-6-13(12-4-2-1-3-5-12)10-15-11-14-16-7-8-17-14/h1-5,7-8,13,15,18H,6,9-11H2,(H,16,17). The molecule has 0 aliphatic carbocycles. The van der Waals surface area contributed by atoms with E-state index in [-0.39, 0.29) is 6.61 Å². The summed E-state index contributed by atoms with van der Waals surface area (Å²) in [6.45, 7) is 1.77. The normalized spacial score (nSPS) is 12.5. The molecule has 0 bridgehead atoms. The molecular weight excluding hydrogens is 226 g/mol. The Morgan fingerprint density at radius 1 is 1.28 bits per heavy atom. The lowest BCUT2D eigenvalue weighted by molar-refractivity contribution is 0.273. The fourth-order valence-electron chi connectivity index (χ4n) is 2.03. The van der Waals surface area contributed by atoms with Gasteiger partial charge in [-0.1, -0.05) is 30.3 Å². The lowest BCUT2D eigenvalue weighted by Gasteiger charge is -2.16. The minimum absolute atomic E-state index is 0.210. The predicted molar refractivity (Wildman–Crippen MR) is 71.2 cm³/mol. The number of benzene rings is 1. The van der Waals surface area contributed by atoms with Crippen LogP contribution in [0.5, 0.6) is 0 Å². The number of hydrogen-bond donors (Lipinski definition) is 3. The van der Waals surface area contributed by atoms with E-state index in [1.165, 1.54) is 5.56 Å². The Balaban J connectivity index is 1.87. The van der Waals surface area contributed by atoms with Gasteiger partial charge in [-0.05, 0) is 17.9 Å². The average Bonchev–Trinajstić information content (AvgIpc) is 2.92. The molecular formula is C14H19N3O. The largest absolute Gasteiger partial charge is 0.396 e. The number of aliphatic hydroxyl groups excluding tert-OH is 1. The molecule has 0 aliphatic rings. The maximum absolute atomic E-state index is 9.14. The molecule has 1 atom stereocenters. The van der Waals surface area contributed by atoms with E-state index in [4.69, 9.17) is 5.11 Å². The molecule has 0 aliphatic heterocycles. The second-order valence-electron chi connectivity index (χ2n) is 4.29.